The summed E-state index contributed by atoms with van der Waals surface area (Å²) >= 11 is 0. The van der Waals surface area contributed by atoms with E-state index in [9.17, 15) is 9.18 Å². The molecule has 2 heterocycles. The molecule has 0 radical (unpaired) electrons. The summed E-state index contributed by atoms with van der Waals surface area (Å²) in [6.07, 6.45) is 0. The van der Waals surface area contributed by atoms with E-state index in [0.717, 1.165) is 22.2 Å². The van der Waals surface area contributed by atoms with E-state index in [2.05, 4.69) is 4.90 Å². The van der Waals surface area contributed by atoms with Crippen molar-refractivity contribution in [1.82, 2.24) is 9.88 Å². The van der Waals surface area contributed by atoms with Crippen molar-refractivity contribution >= 4 is 22.5 Å². The predicted octanol–water partition coefficient (Wildman–Crippen LogP) is 5.02. The van der Waals surface area contributed by atoms with Gasteiger partial charge in [0.2, 0.25) is 0 Å². The molecule has 0 atom stereocenters. The van der Waals surface area contributed by atoms with Gasteiger partial charge in [0, 0.05) is 42.8 Å². The summed E-state index contributed by atoms with van der Waals surface area (Å²) in [6.45, 7) is 2.53. The number of hydrogen-bond donors (Lipinski definition) is 0. The number of anilines is 1. The molecule has 0 aliphatic carbocycles. The molecule has 1 amide bonds. The van der Waals surface area contributed by atoms with Gasteiger partial charge in [0.15, 0.2) is 11.5 Å². The Labute approximate surface area is 203 Å². The second kappa shape index (κ2) is 9.62. The molecule has 1 aromatic heterocycles. The number of benzene rings is 3. The highest BCUT2D eigenvalue weighted by Crippen LogP contribution is 2.33. The Hall–Kier alpha value is -4.13. The van der Waals surface area contributed by atoms with E-state index in [1.165, 1.54) is 12.1 Å². The Balaban J connectivity index is 1.45. The van der Waals surface area contributed by atoms with E-state index in [0.29, 0.717) is 48.9 Å². The smallest absolute Gasteiger partial charge is 0.254 e. The molecule has 1 saturated heterocycles. The molecule has 6 nitrogen and oxygen atoms in total. The van der Waals surface area contributed by atoms with Gasteiger partial charge in [-0.25, -0.2) is 9.37 Å². The lowest BCUT2D eigenvalue weighted by Gasteiger charge is -2.36. The maximum atomic E-state index is 13.7. The van der Waals surface area contributed by atoms with Crippen LogP contribution < -0.4 is 14.4 Å². The van der Waals surface area contributed by atoms with Gasteiger partial charge in [-0.1, -0.05) is 18.2 Å². The van der Waals surface area contributed by atoms with Crippen LogP contribution in [0.3, 0.4) is 0 Å². The second-order valence-electron chi connectivity index (χ2n) is 8.40. The third-order valence-corrected chi connectivity index (χ3v) is 6.38. The number of methoxy groups -OCH3 is 2. The van der Waals surface area contributed by atoms with Crippen LogP contribution in [-0.4, -0.2) is 56.2 Å². The topological polar surface area (TPSA) is 54.9 Å². The zero-order valence-corrected chi connectivity index (χ0v) is 19.7. The number of nitrogens with zero attached hydrogens (tertiary/aromatic N) is 3. The predicted molar refractivity (Wildman–Crippen MR) is 135 cm³/mol. The number of ether oxygens (including phenoxy) is 2. The molecular formula is C28H26FN3O3. The number of halogens is 1. The molecule has 7 heteroatoms. The largest absolute Gasteiger partial charge is 0.493 e. The maximum Gasteiger partial charge on any atom is 0.254 e. The average molecular weight is 472 g/mol. The monoisotopic (exact) mass is 471 g/mol. The van der Waals surface area contributed by atoms with Crippen molar-refractivity contribution in [3.63, 3.8) is 0 Å². The summed E-state index contributed by atoms with van der Waals surface area (Å²) < 4.78 is 24.1. The van der Waals surface area contributed by atoms with E-state index < -0.39 is 0 Å². The van der Waals surface area contributed by atoms with Gasteiger partial charge in [-0.15, -0.1) is 0 Å². The number of carbonyl (C=O) groups is 1. The van der Waals surface area contributed by atoms with Crippen molar-refractivity contribution in [2.24, 2.45) is 0 Å². The highest BCUT2D eigenvalue weighted by molar-refractivity contribution is 6.07. The number of pyridine rings is 1. The summed E-state index contributed by atoms with van der Waals surface area (Å²) in [4.78, 5) is 22.6. The molecule has 5 rings (SSSR count). The molecule has 0 unspecified atom stereocenters. The van der Waals surface area contributed by atoms with Gasteiger partial charge in [-0.05, 0) is 54.6 Å². The molecule has 178 valence electrons. The quantitative estimate of drug-likeness (QED) is 0.409. The number of amides is 1. The summed E-state index contributed by atoms with van der Waals surface area (Å²) in [5.41, 5.74) is 3.87. The molecule has 1 fully saturated rings. The number of rotatable bonds is 5. The SMILES string of the molecule is COc1ccc(-c2cc(C(=O)N3CCN(c4ccc(F)cc4)CC3)c3ccccc3n2)cc1OC. The van der Waals surface area contributed by atoms with Gasteiger partial charge < -0.3 is 19.3 Å². The molecule has 0 N–H and O–H groups in total. The normalized spacial score (nSPS) is 13.7. The van der Waals surface area contributed by atoms with Gasteiger partial charge in [-0.3, -0.25) is 4.79 Å². The molecular weight excluding hydrogens is 445 g/mol. The molecule has 35 heavy (non-hydrogen) atoms. The Morgan fingerprint density at radius 3 is 2.29 bits per heavy atom. The average Bonchev–Trinajstić information content (AvgIpc) is 2.92. The lowest BCUT2D eigenvalue weighted by molar-refractivity contribution is 0.0748. The second-order valence-corrected chi connectivity index (χ2v) is 8.40. The van der Waals surface area contributed by atoms with Crippen LogP contribution in [0.5, 0.6) is 11.5 Å². The van der Waals surface area contributed by atoms with Crippen LogP contribution in [0.25, 0.3) is 22.2 Å². The zero-order chi connectivity index (χ0) is 24.4. The van der Waals surface area contributed by atoms with Crippen LogP contribution in [0.15, 0.2) is 72.8 Å². The van der Waals surface area contributed by atoms with Crippen molar-refractivity contribution in [1.29, 1.82) is 0 Å². The minimum atomic E-state index is -0.252. The third-order valence-electron chi connectivity index (χ3n) is 6.38. The fourth-order valence-electron chi connectivity index (χ4n) is 4.49. The van der Waals surface area contributed by atoms with Crippen LogP contribution in [0.1, 0.15) is 10.4 Å². The van der Waals surface area contributed by atoms with E-state index in [-0.39, 0.29) is 11.7 Å². The van der Waals surface area contributed by atoms with Crippen LogP contribution in [0.4, 0.5) is 10.1 Å². The van der Waals surface area contributed by atoms with Crippen molar-refractivity contribution < 1.29 is 18.7 Å². The number of hydrogen-bond acceptors (Lipinski definition) is 5. The first-order valence-corrected chi connectivity index (χ1v) is 11.5. The first kappa shape index (κ1) is 22.7. The van der Waals surface area contributed by atoms with Crippen molar-refractivity contribution in [3.8, 4) is 22.8 Å². The molecule has 4 aromatic rings. The lowest BCUT2D eigenvalue weighted by atomic mass is 10.0. The van der Waals surface area contributed by atoms with Crippen molar-refractivity contribution in [3.05, 3.63) is 84.2 Å². The summed E-state index contributed by atoms with van der Waals surface area (Å²) in [5, 5.41) is 0.822. The Morgan fingerprint density at radius 1 is 0.857 bits per heavy atom. The summed E-state index contributed by atoms with van der Waals surface area (Å²) in [6, 6.07) is 21.6. The Morgan fingerprint density at radius 2 is 1.57 bits per heavy atom. The lowest BCUT2D eigenvalue weighted by Crippen LogP contribution is -2.48. The van der Waals surface area contributed by atoms with Gasteiger partial charge >= 0.3 is 0 Å². The van der Waals surface area contributed by atoms with Crippen LogP contribution in [0.2, 0.25) is 0 Å². The third kappa shape index (κ3) is 4.49. The van der Waals surface area contributed by atoms with Gasteiger partial charge in [0.05, 0.1) is 31.0 Å². The standard InChI is InChI=1S/C28H26FN3O3/c1-34-26-12-7-19(17-27(26)35-2)25-18-23(22-5-3-4-6-24(22)30-25)28(33)32-15-13-31(14-16-32)21-10-8-20(29)9-11-21/h3-12,17-18H,13-16H2,1-2H3. The number of carbonyl (C=O) groups excluding carboxylic acids is 1. The summed E-state index contributed by atoms with van der Waals surface area (Å²) in [5.74, 6) is 0.957. The van der Waals surface area contributed by atoms with E-state index in [1.807, 2.05) is 53.4 Å². The maximum absolute atomic E-state index is 13.7. The molecule has 0 saturated carbocycles. The first-order chi connectivity index (χ1) is 17.1. The highest BCUT2D eigenvalue weighted by atomic mass is 19.1. The number of fused-ring (bicyclic) bond motifs is 1. The summed E-state index contributed by atoms with van der Waals surface area (Å²) in [7, 11) is 3.19. The minimum absolute atomic E-state index is 0.0240. The van der Waals surface area contributed by atoms with Gasteiger partial charge in [-0.2, -0.15) is 0 Å². The number of piperazine rings is 1. The molecule has 3 aromatic carbocycles. The number of para-hydroxylation sites is 1. The highest BCUT2D eigenvalue weighted by Gasteiger charge is 2.24. The van der Waals surface area contributed by atoms with Crippen molar-refractivity contribution in [2.45, 2.75) is 0 Å². The van der Waals surface area contributed by atoms with Crippen LogP contribution >= 0.6 is 0 Å². The molecule has 0 bridgehead atoms. The fourth-order valence-corrected chi connectivity index (χ4v) is 4.49. The first-order valence-electron chi connectivity index (χ1n) is 11.5. The zero-order valence-electron chi connectivity index (χ0n) is 19.7. The van der Waals surface area contributed by atoms with E-state index >= 15 is 0 Å². The minimum Gasteiger partial charge on any atom is -0.493 e. The van der Waals surface area contributed by atoms with E-state index in [1.54, 1.807) is 26.4 Å². The molecule has 1 aliphatic rings. The Bertz CT molecular complexity index is 1370. The fraction of sp³-hybridized carbons (Fsp3) is 0.214. The van der Waals surface area contributed by atoms with Crippen molar-refractivity contribution in [2.75, 3.05) is 45.3 Å². The number of aromatic nitrogens is 1. The van der Waals surface area contributed by atoms with Gasteiger partial charge in [0.25, 0.3) is 5.91 Å². The van der Waals surface area contributed by atoms with Crippen LogP contribution in [0, 0.1) is 5.82 Å². The van der Waals surface area contributed by atoms with Crippen LogP contribution in [-0.2, 0) is 0 Å². The molecule has 0 spiro atoms. The van der Waals surface area contributed by atoms with E-state index in [4.69, 9.17) is 14.5 Å². The molecule has 1 aliphatic heterocycles. The Kier molecular flexibility index (Phi) is 6.23. The van der Waals surface area contributed by atoms with Gasteiger partial charge in [0.1, 0.15) is 5.82 Å².